The lowest BCUT2D eigenvalue weighted by Crippen LogP contribution is -2.35. The van der Waals surface area contributed by atoms with E-state index >= 15 is 0 Å². The van der Waals surface area contributed by atoms with Crippen molar-refractivity contribution in [2.24, 2.45) is 5.73 Å². The van der Waals surface area contributed by atoms with Gasteiger partial charge < -0.3 is 25.3 Å². The Hall–Kier alpha value is -1.79. The minimum absolute atomic E-state index is 0.132. The second-order valence-electron chi connectivity index (χ2n) is 3.81. The molecule has 18 heavy (non-hydrogen) atoms. The molecule has 0 aromatic heterocycles. The summed E-state index contributed by atoms with van der Waals surface area (Å²) in [4.78, 5) is 11.8. The maximum absolute atomic E-state index is 11.8. The van der Waals surface area contributed by atoms with Crippen molar-refractivity contribution in [1.29, 1.82) is 0 Å². The van der Waals surface area contributed by atoms with E-state index in [0.29, 0.717) is 30.4 Å². The van der Waals surface area contributed by atoms with E-state index in [9.17, 15) is 4.79 Å². The molecule has 0 spiro atoms. The Morgan fingerprint density at radius 1 is 1.44 bits per heavy atom. The molecule has 0 bridgehead atoms. The smallest absolute Gasteiger partial charge is 0.254 e. The van der Waals surface area contributed by atoms with E-state index in [2.05, 4.69) is 5.32 Å². The second kappa shape index (κ2) is 5.70. The molecule has 0 fully saturated rings. The normalized spacial score (nSPS) is 15.0. The van der Waals surface area contributed by atoms with E-state index in [1.54, 1.807) is 18.2 Å². The first-order valence-electron chi connectivity index (χ1n) is 5.68. The number of carbonyl (C=O) groups excluding carboxylic acids is 1. The molecule has 0 radical (unpaired) electrons. The number of benzene rings is 1. The third-order valence-electron chi connectivity index (χ3n) is 2.60. The van der Waals surface area contributed by atoms with Crippen LogP contribution in [0.25, 0.3) is 0 Å². The number of ether oxygens (including phenoxy) is 3. The first kappa shape index (κ1) is 12.7. The minimum atomic E-state index is -0.654. The maximum atomic E-state index is 11.8. The van der Waals surface area contributed by atoms with Crippen molar-refractivity contribution in [2.75, 3.05) is 32.2 Å². The molecule has 3 N–H and O–H groups in total. The van der Waals surface area contributed by atoms with Crippen LogP contribution in [0.1, 0.15) is 0 Å². The van der Waals surface area contributed by atoms with Crippen molar-refractivity contribution < 1.29 is 19.0 Å². The zero-order valence-corrected chi connectivity index (χ0v) is 10.1. The van der Waals surface area contributed by atoms with Crippen molar-refractivity contribution in [3.8, 4) is 11.5 Å². The average Bonchev–Trinajstić information content (AvgIpc) is 2.40. The van der Waals surface area contributed by atoms with Crippen molar-refractivity contribution in [2.45, 2.75) is 6.10 Å². The molecule has 1 heterocycles. The van der Waals surface area contributed by atoms with Crippen LogP contribution >= 0.6 is 0 Å². The molecule has 1 atom stereocenters. The molecule has 1 aromatic rings. The lowest BCUT2D eigenvalue weighted by Gasteiger charge is -2.19. The van der Waals surface area contributed by atoms with Gasteiger partial charge in [0.05, 0.1) is 0 Å². The Bertz CT molecular complexity index is 432. The molecule has 1 aliphatic heterocycles. The number of fused-ring (bicyclic) bond motifs is 1. The lowest BCUT2D eigenvalue weighted by atomic mass is 10.2. The molecule has 2 rings (SSSR count). The van der Waals surface area contributed by atoms with Gasteiger partial charge in [0.1, 0.15) is 19.3 Å². The van der Waals surface area contributed by atoms with Crippen molar-refractivity contribution in [1.82, 2.24) is 0 Å². The molecule has 1 aromatic carbocycles. The van der Waals surface area contributed by atoms with Gasteiger partial charge in [-0.25, -0.2) is 0 Å². The van der Waals surface area contributed by atoms with Crippen LogP contribution in [0.2, 0.25) is 0 Å². The number of hydrogen-bond acceptors (Lipinski definition) is 5. The number of hydrogen-bond donors (Lipinski definition) is 2. The molecule has 0 aliphatic carbocycles. The number of methoxy groups -OCH3 is 1. The minimum Gasteiger partial charge on any atom is -0.486 e. The topological polar surface area (TPSA) is 82.8 Å². The largest absolute Gasteiger partial charge is 0.486 e. The lowest BCUT2D eigenvalue weighted by molar-refractivity contribution is -0.125. The Morgan fingerprint density at radius 2 is 2.17 bits per heavy atom. The van der Waals surface area contributed by atoms with Gasteiger partial charge in [0.2, 0.25) is 0 Å². The molecule has 6 heteroatoms. The highest BCUT2D eigenvalue weighted by Crippen LogP contribution is 2.32. The van der Waals surface area contributed by atoms with Gasteiger partial charge in [-0.15, -0.1) is 0 Å². The van der Waals surface area contributed by atoms with E-state index in [1.165, 1.54) is 7.11 Å². The fourth-order valence-corrected chi connectivity index (χ4v) is 1.65. The molecule has 1 unspecified atom stereocenters. The summed E-state index contributed by atoms with van der Waals surface area (Å²) >= 11 is 0. The van der Waals surface area contributed by atoms with Crippen LogP contribution in [0.4, 0.5) is 5.69 Å². The zero-order valence-electron chi connectivity index (χ0n) is 10.1. The van der Waals surface area contributed by atoms with Gasteiger partial charge in [0, 0.05) is 25.4 Å². The van der Waals surface area contributed by atoms with Gasteiger partial charge >= 0.3 is 0 Å². The van der Waals surface area contributed by atoms with Gasteiger partial charge in [-0.3, -0.25) is 4.79 Å². The summed E-state index contributed by atoms with van der Waals surface area (Å²) in [5, 5.41) is 2.71. The molecule has 6 nitrogen and oxygen atoms in total. The van der Waals surface area contributed by atoms with E-state index in [-0.39, 0.29) is 12.5 Å². The molecular weight excluding hydrogens is 236 g/mol. The predicted molar refractivity (Wildman–Crippen MR) is 65.9 cm³/mol. The molecule has 0 saturated carbocycles. The third kappa shape index (κ3) is 2.72. The molecule has 98 valence electrons. The highest BCUT2D eigenvalue weighted by atomic mass is 16.6. The Kier molecular flexibility index (Phi) is 4.01. The summed E-state index contributed by atoms with van der Waals surface area (Å²) in [5.74, 6) is 1.03. The van der Waals surface area contributed by atoms with Gasteiger partial charge in [-0.1, -0.05) is 0 Å². The first-order valence-corrected chi connectivity index (χ1v) is 5.68. The number of anilines is 1. The maximum Gasteiger partial charge on any atom is 0.254 e. The van der Waals surface area contributed by atoms with E-state index in [1.807, 2.05) is 0 Å². The van der Waals surface area contributed by atoms with Gasteiger partial charge in [0.25, 0.3) is 5.91 Å². The van der Waals surface area contributed by atoms with Crippen LogP contribution in [0.5, 0.6) is 11.5 Å². The third-order valence-corrected chi connectivity index (χ3v) is 2.60. The van der Waals surface area contributed by atoms with E-state index in [0.717, 1.165) is 0 Å². The standard InChI is InChI=1S/C12H16N2O4/c1-16-11(7-13)12(15)14-8-2-3-9-10(6-8)18-5-4-17-9/h2-3,6,11H,4-5,7,13H2,1H3,(H,14,15). The van der Waals surface area contributed by atoms with Crippen LogP contribution in [0.15, 0.2) is 18.2 Å². The quantitative estimate of drug-likeness (QED) is 0.809. The number of amides is 1. The Balaban J connectivity index is 2.08. The Morgan fingerprint density at radius 3 is 2.83 bits per heavy atom. The number of rotatable bonds is 4. The highest BCUT2D eigenvalue weighted by molar-refractivity contribution is 5.94. The zero-order chi connectivity index (χ0) is 13.0. The second-order valence-corrected chi connectivity index (χ2v) is 3.81. The fourth-order valence-electron chi connectivity index (χ4n) is 1.65. The van der Waals surface area contributed by atoms with Gasteiger partial charge in [-0.2, -0.15) is 0 Å². The summed E-state index contributed by atoms with van der Waals surface area (Å²) < 4.78 is 15.8. The number of nitrogens with two attached hydrogens (primary N) is 1. The molecule has 0 saturated heterocycles. The molecular formula is C12H16N2O4. The predicted octanol–water partition coefficient (Wildman–Crippen LogP) is 0.370. The van der Waals surface area contributed by atoms with Crippen molar-refractivity contribution >= 4 is 11.6 Å². The van der Waals surface area contributed by atoms with Crippen molar-refractivity contribution in [3.05, 3.63) is 18.2 Å². The van der Waals surface area contributed by atoms with Gasteiger partial charge in [-0.05, 0) is 12.1 Å². The summed E-state index contributed by atoms with van der Waals surface area (Å²) in [7, 11) is 1.45. The first-order chi connectivity index (χ1) is 8.74. The van der Waals surface area contributed by atoms with E-state index in [4.69, 9.17) is 19.9 Å². The summed E-state index contributed by atoms with van der Waals surface area (Å²) in [5.41, 5.74) is 6.04. The average molecular weight is 252 g/mol. The SMILES string of the molecule is COC(CN)C(=O)Nc1ccc2c(c1)OCCO2. The van der Waals surface area contributed by atoms with Crippen LogP contribution in [0, 0.1) is 0 Å². The van der Waals surface area contributed by atoms with Gasteiger partial charge in [0.15, 0.2) is 11.5 Å². The van der Waals surface area contributed by atoms with Crippen LogP contribution in [-0.4, -0.2) is 38.9 Å². The summed E-state index contributed by atoms with van der Waals surface area (Å²) in [6.45, 7) is 1.18. The number of carbonyl (C=O) groups is 1. The monoisotopic (exact) mass is 252 g/mol. The molecule has 1 aliphatic rings. The van der Waals surface area contributed by atoms with E-state index < -0.39 is 6.10 Å². The van der Waals surface area contributed by atoms with Crippen molar-refractivity contribution in [3.63, 3.8) is 0 Å². The van der Waals surface area contributed by atoms with Crippen LogP contribution in [0.3, 0.4) is 0 Å². The summed E-state index contributed by atoms with van der Waals surface area (Å²) in [6.07, 6.45) is -0.654. The highest BCUT2D eigenvalue weighted by Gasteiger charge is 2.17. The van der Waals surface area contributed by atoms with Crippen LogP contribution in [-0.2, 0) is 9.53 Å². The molecule has 1 amide bonds. The van der Waals surface area contributed by atoms with Crippen LogP contribution < -0.4 is 20.5 Å². The Labute approximate surface area is 105 Å². The number of nitrogens with one attached hydrogen (secondary N) is 1. The summed E-state index contributed by atoms with van der Waals surface area (Å²) in [6, 6.07) is 5.22. The fraction of sp³-hybridized carbons (Fsp3) is 0.417.